The van der Waals surface area contributed by atoms with Crippen LogP contribution in [0.4, 0.5) is 0 Å². The summed E-state index contributed by atoms with van der Waals surface area (Å²) < 4.78 is 0. The van der Waals surface area contributed by atoms with E-state index in [1.54, 1.807) is 0 Å². The number of piperazine rings is 1. The summed E-state index contributed by atoms with van der Waals surface area (Å²) in [6, 6.07) is -0.400. The highest BCUT2D eigenvalue weighted by Crippen LogP contribution is 2.12. The van der Waals surface area contributed by atoms with Crippen LogP contribution in [-0.4, -0.2) is 78.4 Å². The molecular weight excluding hydrogens is 280 g/mol. The molecule has 0 spiro atoms. The van der Waals surface area contributed by atoms with Crippen molar-refractivity contribution in [3.05, 3.63) is 0 Å². The maximum Gasteiger partial charge on any atom is 0.239 e. The van der Waals surface area contributed by atoms with Gasteiger partial charge in [0.1, 0.15) is 0 Å². The third-order valence-corrected chi connectivity index (χ3v) is 5.04. The van der Waals surface area contributed by atoms with E-state index >= 15 is 0 Å². The summed E-state index contributed by atoms with van der Waals surface area (Å²) >= 11 is 0. The minimum Gasteiger partial charge on any atom is -0.342 e. The summed E-state index contributed by atoms with van der Waals surface area (Å²) in [4.78, 5) is 30.5. The molecule has 2 aliphatic heterocycles. The predicted molar refractivity (Wildman–Crippen MR) is 86.3 cm³/mol. The molecule has 0 aliphatic carbocycles. The molecule has 0 saturated carbocycles. The van der Waals surface area contributed by atoms with Gasteiger partial charge in [0, 0.05) is 39.3 Å². The average molecular weight is 310 g/mol. The number of hydrogen-bond donors (Lipinski definition) is 1. The minimum absolute atomic E-state index is 0.0554. The summed E-state index contributed by atoms with van der Waals surface area (Å²) in [5, 5.41) is 0. The summed E-state index contributed by atoms with van der Waals surface area (Å²) in [7, 11) is 0. The second kappa shape index (κ2) is 7.92. The third-order valence-electron chi connectivity index (χ3n) is 5.04. The Morgan fingerprint density at radius 1 is 1.00 bits per heavy atom. The lowest BCUT2D eigenvalue weighted by atomic mass is 9.98. The molecule has 126 valence electrons. The second-order valence-corrected chi connectivity index (χ2v) is 6.60. The van der Waals surface area contributed by atoms with Gasteiger partial charge in [0.05, 0.1) is 12.6 Å². The first-order chi connectivity index (χ1) is 10.5. The molecule has 2 rings (SSSR count). The zero-order valence-electron chi connectivity index (χ0n) is 14.0. The summed E-state index contributed by atoms with van der Waals surface area (Å²) in [5.41, 5.74) is 6.03. The number of carbonyl (C=O) groups is 2. The molecule has 2 N–H and O–H groups in total. The molecule has 0 radical (unpaired) electrons. The zero-order valence-corrected chi connectivity index (χ0v) is 14.0. The molecule has 2 unspecified atom stereocenters. The van der Waals surface area contributed by atoms with Crippen LogP contribution in [0.3, 0.4) is 0 Å². The molecule has 0 aromatic heterocycles. The molecule has 0 aromatic carbocycles. The SMILES string of the molecule is CCC(C)C(N)C(=O)N1CCN(CC(=O)N2CCCC2)CC1. The predicted octanol–water partition coefficient (Wildman–Crippen LogP) is 0.126. The Morgan fingerprint density at radius 2 is 1.59 bits per heavy atom. The molecule has 6 heteroatoms. The van der Waals surface area contributed by atoms with E-state index in [2.05, 4.69) is 11.8 Å². The van der Waals surface area contributed by atoms with Gasteiger partial charge >= 0.3 is 0 Å². The maximum atomic E-state index is 12.3. The van der Waals surface area contributed by atoms with Crippen molar-refractivity contribution >= 4 is 11.8 Å². The number of nitrogens with two attached hydrogens (primary N) is 1. The monoisotopic (exact) mass is 310 g/mol. The van der Waals surface area contributed by atoms with Gasteiger partial charge in [-0.2, -0.15) is 0 Å². The topological polar surface area (TPSA) is 69.9 Å². The number of likely N-dealkylation sites (tertiary alicyclic amines) is 1. The van der Waals surface area contributed by atoms with Crippen molar-refractivity contribution in [2.75, 3.05) is 45.8 Å². The third kappa shape index (κ3) is 4.20. The van der Waals surface area contributed by atoms with Crippen LogP contribution >= 0.6 is 0 Å². The van der Waals surface area contributed by atoms with E-state index in [1.807, 2.05) is 16.7 Å². The van der Waals surface area contributed by atoms with E-state index in [-0.39, 0.29) is 17.7 Å². The van der Waals surface area contributed by atoms with E-state index in [0.717, 1.165) is 45.4 Å². The highest BCUT2D eigenvalue weighted by Gasteiger charge is 2.29. The lowest BCUT2D eigenvalue weighted by Gasteiger charge is -2.36. The molecule has 2 saturated heterocycles. The highest BCUT2D eigenvalue weighted by atomic mass is 16.2. The zero-order chi connectivity index (χ0) is 16.1. The molecule has 6 nitrogen and oxygen atoms in total. The fraction of sp³-hybridized carbons (Fsp3) is 0.875. The molecule has 2 heterocycles. The number of nitrogens with zero attached hydrogens (tertiary/aromatic N) is 3. The van der Waals surface area contributed by atoms with Gasteiger partial charge in [-0.25, -0.2) is 0 Å². The van der Waals surface area contributed by atoms with Crippen molar-refractivity contribution in [1.29, 1.82) is 0 Å². The molecule has 0 aromatic rings. The van der Waals surface area contributed by atoms with Gasteiger partial charge < -0.3 is 15.5 Å². The second-order valence-electron chi connectivity index (χ2n) is 6.60. The standard InChI is InChI=1S/C16H30N4O2/c1-3-13(2)15(17)16(22)20-10-8-18(9-11-20)12-14(21)19-6-4-5-7-19/h13,15H,3-12,17H2,1-2H3. The number of hydrogen-bond acceptors (Lipinski definition) is 4. The quantitative estimate of drug-likeness (QED) is 0.783. The van der Waals surface area contributed by atoms with E-state index in [1.165, 1.54) is 0 Å². The summed E-state index contributed by atoms with van der Waals surface area (Å²) in [6.45, 7) is 9.25. The van der Waals surface area contributed by atoms with Crippen molar-refractivity contribution in [1.82, 2.24) is 14.7 Å². The first-order valence-electron chi connectivity index (χ1n) is 8.57. The maximum absolute atomic E-state index is 12.3. The lowest BCUT2D eigenvalue weighted by molar-refractivity contribution is -0.136. The Bertz CT molecular complexity index is 388. The Kier molecular flexibility index (Phi) is 6.20. The number of carbonyl (C=O) groups excluding carboxylic acids is 2. The van der Waals surface area contributed by atoms with E-state index < -0.39 is 6.04 Å². The summed E-state index contributed by atoms with van der Waals surface area (Å²) in [5.74, 6) is 0.496. The summed E-state index contributed by atoms with van der Waals surface area (Å²) in [6.07, 6.45) is 3.17. The van der Waals surface area contributed by atoms with Gasteiger partial charge in [-0.15, -0.1) is 0 Å². The fourth-order valence-corrected chi connectivity index (χ4v) is 3.09. The van der Waals surface area contributed by atoms with E-state index in [0.29, 0.717) is 19.6 Å². The molecule has 0 bridgehead atoms. The first-order valence-corrected chi connectivity index (χ1v) is 8.57. The van der Waals surface area contributed by atoms with Crippen molar-refractivity contribution < 1.29 is 9.59 Å². The highest BCUT2D eigenvalue weighted by molar-refractivity contribution is 5.82. The van der Waals surface area contributed by atoms with Crippen LogP contribution < -0.4 is 5.73 Å². The van der Waals surface area contributed by atoms with E-state index in [9.17, 15) is 9.59 Å². The number of amides is 2. The molecule has 2 atom stereocenters. The Balaban J connectivity index is 1.75. The molecule has 2 aliphatic rings. The van der Waals surface area contributed by atoms with Gasteiger partial charge in [-0.1, -0.05) is 20.3 Å². The fourth-order valence-electron chi connectivity index (χ4n) is 3.09. The molecule has 22 heavy (non-hydrogen) atoms. The van der Waals surface area contributed by atoms with Gasteiger partial charge in [0.15, 0.2) is 0 Å². The van der Waals surface area contributed by atoms with Crippen LogP contribution in [0.5, 0.6) is 0 Å². The van der Waals surface area contributed by atoms with Crippen molar-refractivity contribution in [3.8, 4) is 0 Å². The van der Waals surface area contributed by atoms with Crippen LogP contribution in [-0.2, 0) is 9.59 Å². The number of rotatable bonds is 5. The first kappa shape index (κ1) is 17.2. The largest absolute Gasteiger partial charge is 0.342 e. The lowest BCUT2D eigenvalue weighted by Crippen LogP contribution is -2.55. The van der Waals surface area contributed by atoms with Gasteiger partial charge in [0.25, 0.3) is 0 Å². The van der Waals surface area contributed by atoms with Gasteiger partial charge in [-0.05, 0) is 18.8 Å². The Hall–Kier alpha value is -1.14. The minimum atomic E-state index is -0.400. The van der Waals surface area contributed by atoms with E-state index in [4.69, 9.17) is 5.73 Å². The van der Waals surface area contributed by atoms with Crippen LogP contribution in [0.2, 0.25) is 0 Å². The van der Waals surface area contributed by atoms with Crippen molar-refractivity contribution in [2.45, 2.75) is 39.2 Å². The van der Waals surface area contributed by atoms with Gasteiger partial charge in [0.2, 0.25) is 11.8 Å². The Morgan fingerprint density at radius 3 is 2.14 bits per heavy atom. The molecule has 2 fully saturated rings. The van der Waals surface area contributed by atoms with Crippen LogP contribution in [0, 0.1) is 5.92 Å². The van der Waals surface area contributed by atoms with Crippen molar-refractivity contribution in [3.63, 3.8) is 0 Å². The van der Waals surface area contributed by atoms with Crippen molar-refractivity contribution in [2.24, 2.45) is 11.7 Å². The Labute approximate surface area is 133 Å². The van der Waals surface area contributed by atoms with Gasteiger partial charge in [-0.3, -0.25) is 14.5 Å². The van der Waals surface area contributed by atoms with Crippen LogP contribution in [0.15, 0.2) is 0 Å². The smallest absolute Gasteiger partial charge is 0.239 e. The molecular formula is C16H30N4O2. The normalized spacial score (nSPS) is 22.7. The van der Waals surface area contributed by atoms with Crippen LogP contribution in [0.25, 0.3) is 0 Å². The average Bonchev–Trinajstić information content (AvgIpc) is 3.08. The molecule has 2 amide bonds. The van der Waals surface area contributed by atoms with Crippen LogP contribution in [0.1, 0.15) is 33.1 Å².